The van der Waals surface area contributed by atoms with Crippen LogP contribution in [-0.4, -0.2) is 18.4 Å². The van der Waals surface area contributed by atoms with Crippen molar-refractivity contribution in [3.05, 3.63) is 99.9 Å². The van der Waals surface area contributed by atoms with Gasteiger partial charge in [-0.2, -0.15) is 0 Å². The number of para-hydroxylation sites is 1. The second kappa shape index (κ2) is 9.11. The topological polar surface area (TPSA) is 58.2 Å². The summed E-state index contributed by atoms with van der Waals surface area (Å²) in [5.74, 6) is -0.560. The molecular formula is C24H19ClN2O2S. The molecule has 2 amide bonds. The van der Waals surface area contributed by atoms with Gasteiger partial charge in [-0.25, -0.2) is 0 Å². The number of hydrogen-bond donors (Lipinski definition) is 2. The van der Waals surface area contributed by atoms with Crippen molar-refractivity contribution in [2.24, 2.45) is 0 Å². The number of thiophene rings is 1. The molecule has 0 aliphatic carbocycles. The first kappa shape index (κ1) is 20.1. The van der Waals surface area contributed by atoms with E-state index in [9.17, 15) is 9.59 Å². The summed E-state index contributed by atoms with van der Waals surface area (Å²) in [5, 5.41) is 7.04. The van der Waals surface area contributed by atoms with Crippen LogP contribution in [0.25, 0.3) is 10.1 Å². The number of fused-ring (bicyclic) bond motifs is 1. The normalized spacial score (nSPS) is 10.7. The molecule has 4 aromatic rings. The van der Waals surface area contributed by atoms with E-state index >= 15 is 0 Å². The Morgan fingerprint density at radius 2 is 1.53 bits per heavy atom. The molecule has 0 unspecified atom stereocenters. The van der Waals surface area contributed by atoms with Crippen molar-refractivity contribution < 1.29 is 9.59 Å². The Morgan fingerprint density at radius 1 is 0.833 bits per heavy atom. The summed E-state index contributed by atoms with van der Waals surface area (Å²) in [6.07, 6.45) is 0.735. The Morgan fingerprint density at radius 3 is 2.33 bits per heavy atom. The van der Waals surface area contributed by atoms with Gasteiger partial charge < -0.3 is 10.6 Å². The Bertz CT molecular complexity index is 1200. The summed E-state index contributed by atoms with van der Waals surface area (Å²) >= 11 is 7.75. The molecule has 0 aliphatic rings. The molecule has 4 rings (SSSR count). The zero-order valence-electron chi connectivity index (χ0n) is 16.0. The van der Waals surface area contributed by atoms with Gasteiger partial charge in [0.15, 0.2) is 0 Å². The highest BCUT2D eigenvalue weighted by Gasteiger charge is 2.19. The van der Waals surface area contributed by atoms with Gasteiger partial charge in [0.1, 0.15) is 4.88 Å². The van der Waals surface area contributed by atoms with E-state index in [1.807, 2.05) is 54.6 Å². The first-order chi connectivity index (χ1) is 14.6. The van der Waals surface area contributed by atoms with Crippen LogP contribution in [0.2, 0.25) is 5.02 Å². The minimum absolute atomic E-state index is 0.232. The largest absolute Gasteiger partial charge is 0.352 e. The molecule has 0 saturated heterocycles. The average Bonchev–Trinajstić information content (AvgIpc) is 3.12. The van der Waals surface area contributed by atoms with E-state index in [0.717, 1.165) is 22.1 Å². The van der Waals surface area contributed by atoms with Gasteiger partial charge >= 0.3 is 0 Å². The number of carbonyl (C=O) groups is 2. The van der Waals surface area contributed by atoms with Gasteiger partial charge in [-0.1, -0.05) is 72.3 Å². The number of benzene rings is 3. The predicted molar refractivity (Wildman–Crippen MR) is 124 cm³/mol. The van der Waals surface area contributed by atoms with Crippen LogP contribution >= 0.6 is 22.9 Å². The van der Waals surface area contributed by atoms with Gasteiger partial charge in [-0.3, -0.25) is 9.59 Å². The number of anilines is 1. The number of halogens is 1. The van der Waals surface area contributed by atoms with Crippen LogP contribution in [-0.2, 0) is 6.42 Å². The van der Waals surface area contributed by atoms with Crippen molar-refractivity contribution in [2.45, 2.75) is 6.42 Å². The van der Waals surface area contributed by atoms with E-state index in [-0.39, 0.29) is 11.8 Å². The Hall–Kier alpha value is -3.15. The fourth-order valence-corrected chi connectivity index (χ4v) is 4.60. The second-order valence-corrected chi connectivity index (χ2v) is 8.16. The van der Waals surface area contributed by atoms with E-state index in [4.69, 9.17) is 11.6 Å². The highest BCUT2D eigenvalue weighted by atomic mass is 35.5. The van der Waals surface area contributed by atoms with Gasteiger partial charge in [0.05, 0.1) is 16.3 Å². The van der Waals surface area contributed by atoms with E-state index in [2.05, 4.69) is 10.6 Å². The van der Waals surface area contributed by atoms with Gasteiger partial charge in [-0.05, 0) is 30.2 Å². The molecule has 0 bridgehead atoms. The van der Waals surface area contributed by atoms with Gasteiger partial charge in [-0.15, -0.1) is 11.3 Å². The summed E-state index contributed by atoms with van der Waals surface area (Å²) in [6.45, 7) is 0.507. The highest BCUT2D eigenvalue weighted by molar-refractivity contribution is 7.21. The third kappa shape index (κ3) is 4.37. The van der Waals surface area contributed by atoms with Crippen molar-refractivity contribution >= 4 is 50.5 Å². The number of amides is 2. The lowest BCUT2D eigenvalue weighted by molar-refractivity contribution is 0.0955. The predicted octanol–water partition coefficient (Wildman–Crippen LogP) is 5.78. The van der Waals surface area contributed by atoms with Crippen LogP contribution in [0.4, 0.5) is 5.69 Å². The summed E-state index contributed by atoms with van der Waals surface area (Å²) in [4.78, 5) is 26.0. The molecule has 1 aromatic heterocycles. The van der Waals surface area contributed by atoms with E-state index < -0.39 is 0 Å². The number of nitrogens with one attached hydrogen (secondary N) is 2. The molecule has 0 saturated carbocycles. The first-order valence-corrected chi connectivity index (χ1v) is 10.7. The summed E-state index contributed by atoms with van der Waals surface area (Å²) in [6, 6.07) is 24.5. The van der Waals surface area contributed by atoms with Crippen molar-refractivity contribution in [1.82, 2.24) is 5.32 Å². The standard InChI is InChI=1S/C24H19ClN2O2S/c25-21-18-11-5-7-13-20(18)30-22(21)24(29)27-19-12-6-4-10-17(19)23(28)26-15-14-16-8-2-1-3-9-16/h1-13H,14-15H2,(H,26,28)(H,27,29). The lowest BCUT2D eigenvalue weighted by Gasteiger charge is -2.11. The molecule has 6 heteroatoms. The van der Waals surface area contributed by atoms with Gasteiger partial charge in [0.2, 0.25) is 0 Å². The minimum atomic E-state index is -0.328. The van der Waals surface area contributed by atoms with Crippen LogP contribution in [0.15, 0.2) is 78.9 Å². The van der Waals surface area contributed by atoms with Crippen LogP contribution in [0.5, 0.6) is 0 Å². The second-order valence-electron chi connectivity index (χ2n) is 6.73. The van der Waals surface area contributed by atoms with Crippen molar-refractivity contribution in [2.75, 3.05) is 11.9 Å². The summed E-state index contributed by atoms with van der Waals surface area (Å²) < 4.78 is 0.944. The van der Waals surface area contributed by atoms with Gasteiger partial charge in [0.25, 0.3) is 11.8 Å². The maximum Gasteiger partial charge on any atom is 0.267 e. The lowest BCUT2D eigenvalue weighted by atomic mass is 10.1. The first-order valence-electron chi connectivity index (χ1n) is 9.53. The zero-order valence-corrected chi connectivity index (χ0v) is 17.6. The Kier molecular flexibility index (Phi) is 6.12. The average molecular weight is 435 g/mol. The maximum atomic E-state index is 12.9. The van der Waals surface area contributed by atoms with Gasteiger partial charge in [0, 0.05) is 16.6 Å². The SMILES string of the molecule is O=C(NCCc1ccccc1)c1ccccc1NC(=O)c1sc2ccccc2c1Cl. The molecule has 3 aromatic carbocycles. The number of hydrogen-bond acceptors (Lipinski definition) is 3. The summed E-state index contributed by atoms with van der Waals surface area (Å²) in [7, 11) is 0. The highest BCUT2D eigenvalue weighted by Crippen LogP contribution is 2.35. The van der Waals surface area contributed by atoms with E-state index in [1.54, 1.807) is 24.3 Å². The van der Waals surface area contributed by atoms with Crippen LogP contribution in [0, 0.1) is 0 Å². The molecule has 0 spiro atoms. The Balaban J connectivity index is 1.47. The van der Waals surface area contributed by atoms with Crippen LogP contribution < -0.4 is 10.6 Å². The number of rotatable bonds is 6. The quantitative estimate of drug-likeness (QED) is 0.404. The molecule has 0 atom stereocenters. The molecule has 1 heterocycles. The number of carbonyl (C=O) groups excluding carboxylic acids is 2. The minimum Gasteiger partial charge on any atom is -0.352 e. The monoisotopic (exact) mass is 434 g/mol. The molecule has 2 N–H and O–H groups in total. The third-order valence-corrected chi connectivity index (χ3v) is 6.38. The molecule has 0 fully saturated rings. The van der Waals surface area contributed by atoms with Crippen molar-refractivity contribution in [3.8, 4) is 0 Å². The van der Waals surface area contributed by atoms with E-state index in [0.29, 0.717) is 27.7 Å². The van der Waals surface area contributed by atoms with Crippen molar-refractivity contribution in [1.29, 1.82) is 0 Å². The molecule has 150 valence electrons. The van der Waals surface area contributed by atoms with Crippen molar-refractivity contribution in [3.63, 3.8) is 0 Å². The molecule has 0 radical (unpaired) electrons. The van der Waals surface area contributed by atoms with E-state index in [1.165, 1.54) is 11.3 Å². The smallest absolute Gasteiger partial charge is 0.267 e. The molecule has 0 aliphatic heterocycles. The fourth-order valence-electron chi connectivity index (χ4n) is 3.19. The fraction of sp³-hybridized carbons (Fsp3) is 0.0833. The molecule has 4 nitrogen and oxygen atoms in total. The zero-order chi connectivity index (χ0) is 20.9. The summed E-state index contributed by atoms with van der Waals surface area (Å²) in [5.41, 5.74) is 2.02. The Labute approximate surface area is 183 Å². The third-order valence-electron chi connectivity index (χ3n) is 4.70. The molecule has 30 heavy (non-hydrogen) atoms. The maximum absolute atomic E-state index is 12.9. The lowest BCUT2D eigenvalue weighted by Crippen LogP contribution is -2.27. The molecular weight excluding hydrogens is 416 g/mol. The van der Waals surface area contributed by atoms with Crippen LogP contribution in [0.3, 0.4) is 0 Å². The van der Waals surface area contributed by atoms with Crippen LogP contribution in [0.1, 0.15) is 25.6 Å².